The molecule has 2 heterocycles. The van der Waals surface area contributed by atoms with E-state index in [1.165, 1.54) is 12.8 Å². The van der Waals surface area contributed by atoms with Gasteiger partial charge >= 0.3 is 0 Å². The first-order chi connectivity index (χ1) is 8.20. The Labute approximate surface area is 103 Å². The Bertz CT molecular complexity index is 270. The molecule has 4 nitrogen and oxygen atoms in total. The van der Waals surface area contributed by atoms with Crippen molar-refractivity contribution in [2.24, 2.45) is 5.92 Å². The number of piperidine rings is 1. The van der Waals surface area contributed by atoms with Gasteiger partial charge < -0.3 is 15.4 Å². The molecule has 1 amide bonds. The summed E-state index contributed by atoms with van der Waals surface area (Å²) in [5.41, 5.74) is 0. The standard InChI is InChI=1S/C13H24N2O2/c1-3-10-4-6-14-12(8-10)13(16)15-11-5-7-17-9(11)2/h9-12,14H,3-8H2,1-2H3,(H,15,16). The molecule has 4 atom stereocenters. The van der Waals surface area contributed by atoms with Crippen LogP contribution in [0.5, 0.6) is 0 Å². The second kappa shape index (κ2) is 5.83. The van der Waals surface area contributed by atoms with Crippen molar-refractivity contribution in [3.8, 4) is 0 Å². The zero-order valence-electron chi connectivity index (χ0n) is 10.9. The van der Waals surface area contributed by atoms with Crippen LogP contribution in [0.15, 0.2) is 0 Å². The summed E-state index contributed by atoms with van der Waals surface area (Å²) in [6.45, 7) is 5.97. The first-order valence-electron chi connectivity index (χ1n) is 6.86. The number of carbonyl (C=O) groups is 1. The lowest BCUT2D eigenvalue weighted by atomic mass is 9.90. The van der Waals surface area contributed by atoms with Crippen molar-refractivity contribution < 1.29 is 9.53 Å². The highest BCUT2D eigenvalue weighted by molar-refractivity contribution is 5.82. The van der Waals surface area contributed by atoms with Gasteiger partial charge in [-0.25, -0.2) is 0 Å². The molecule has 0 aliphatic carbocycles. The fourth-order valence-electron chi connectivity index (χ4n) is 2.77. The summed E-state index contributed by atoms with van der Waals surface area (Å²) in [4.78, 5) is 12.1. The van der Waals surface area contributed by atoms with E-state index in [0.29, 0.717) is 5.92 Å². The second-order valence-corrected chi connectivity index (χ2v) is 5.29. The van der Waals surface area contributed by atoms with E-state index in [1.54, 1.807) is 0 Å². The van der Waals surface area contributed by atoms with Gasteiger partial charge in [-0.3, -0.25) is 4.79 Å². The normalized spacial score (nSPS) is 38.0. The lowest BCUT2D eigenvalue weighted by molar-refractivity contribution is -0.125. The van der Waals surface area contributed by atoms with E-state index in [2.05, 4.69) is 17.6 Å². The molecule has 2 saturated heterocycles. The third kappa shape index (κ3) is 3.19. The molecule has 17 heavy (non-hydrogen) atoms. The summed E-state index contributed by atoms with van der Waals surface area (Å²) in [6, 6.07) is 0.202. The van der Waals surface area contributed by atoms with E-state index >= 15 is 0 Å². The Morgan fingerprint density at radius 3 is 2.94 bits per heavy atom. The molecule has 0 bridgehead atoms. The van der Waals surface area contributed by atoms with E-state index in [9.17, 15) is 4.79 Å². The smallest absolute Gasteiger partial charge is 0.237 e. The summed E-state index contributed by atoms with van der Waals surface area (Å²) < 4.78 is 5.46. The van der Waals surface area contributed by atoms with Crippen LogP contribution in [0, 0.1) is 5.92 Å². The first kappa shape index (κ1) is 12.8. The van der Waals surface area contributed by atoms with Crippen molar-refractivity contribution in [1.82, 2.24) is 10.6 Å². The van der Waals surface area contributed by atoms with Gasteiger partial charge in [-0.05, 0) is 38.6 Å². The zero-order valence-corrected chi connectivity index (χ0v) is 10.9. The van der Waals surface area contributed by atoms with Crippen LogP contribution in [-0.2, 0) is 9.53 Å². The molecule has 0 spiro atoms. The fourth-order valence-corrected chi connectivity index (χ4v) is 2.77. The molecule has 0 aromatic heterocycles. The minimum atomic E-state index is 0.00139. The molecule has 4 heteroatoms. The molecule has 0 saturated carbocycles. The highest BCUT2D eigenvalue weighted by atomic mass is 16.5. The minimum absolute atomic E-state index is 0.00139. The van der Waals surface area contributed by atoms with E-state index < -0.39 is 0 Å². The number of hydrogen-bond acceptors (Lipinski definition) is 3. The fraction of sp³-hybridized carbons (Fsp3) is 0.923. The zero-order chi connectivity index (χ0) is 12.3. The molecule has 2 fully saturated rings. The van der Waals surface area contributed by atoms with Gasteiger partial charge in [0.2, 0.25) is 5.91 Å². The Hall–Kier alpha value is -0.610. The molecule has 0 aromatic rings. The van der Waals surface area contributed by atoms with Crippen molar-refractivity contribution >= 4 is 5.91 Å². The molecule has 2 N–H and O–H groups in total. The molecule has 98 valence electrons. The average Bonchev–Trinajstić information content (AvgIpc) is 2.75. The second-order valence-electron chi connectivity index (χ2n) is 5.29. The van der Waals surface area contributed by atoms with Gasteiger partial charge in [-0.2, -0.15) is 0 Å². The largest absolute Gasteiger partial charge is 0.376 e. The van der Waals surface area contributed by atoms with Crippen LogP contribution >= 0.6 is 0 Å². The van der Waals surface area contributed by atoms with E-state index in [-0.39, 0.29) is 24.1 Å². The molecule has 2 rings (SSSR count). The molecule has 2 aliphatic rings. The number of hydrogen-bond donors (Lipinski definition) is 2. The molecule has 0 radical (unpaired) electrons. The molecule has 4 unspecified atom stereocenters. The lowest BCUT2D eigenvalue weighted by Crippen LogP contribution is -2.52. The van der Waals surface area contributed by atoms with Crippen molar-refractivity contribution in [1.29, 1.82) is 0 Å². The lowest BCUT2D eigenvalue weighted by Gasteiger charge is -2.30. The monoisotopic (exact) mass is 240 g/mol. The van der Waals surface area contributed by atoms with Crippen LogP contribution in [0.1, 0.15) is 39.5 Å². The van der Waals surface area contributed by atoms with Crippen LogP contribution in [0.25, 0.3) is 0 Å². The Morgan fingerprint density at radius 1 is 1.47 bits per heavy atom. The number of nitrogens with one attached hydrogen (secondary N) is 2. The number of amides is 1. The summed E-state index contributed by atoms with van der Waals surface area (Å²) in [5.74, 6) is 0.856. The van der Waals surface area contributed by atoms with E-state index in [0.717, 1.165) is 26.0 Å². The van der Waals surface area contributed by atoms with E-state index in [4.69, 9.17) is 4.74 Å². The van der Waals surface area contributed by atoms with E-state index in [1.807, 2.05) is 6.92 Å². The third-order valence-electron chi connectivity index (χ3n) is 4.11. The summed E-state index contributed by atoms with van der Waals surface area (Å²) in [5, 5.41) is 6.44. The van der Waals surface area contributed by atoms with Crippen LogP contribution < -0.4 is 10.6 Å². The Kier molecular flexibility index (Phi) is 4.40. The first-order valence-corrected chi connectivity index (χ1v) is 6.86. The minimum Gasteiger partial charge on any atom is -0.376 e. The Morgan fingerprint density at radius 2 is 2.29 bits per heavy atom. The third-order valence-corrected chi connectivity index (χ3v) is 4.11. The van der Waals surface area contributed by atoms with Crippen molar-refractivity contribution in [2.75, 3.05) is 13.2 Å². The molecular formula is C13H24N2O2. The Balaban J connectivity index is 1.82. The van der Waals surface area contributed by atoms with Crippen molar-refractivity contribution in [3.63, 3.8) is 0 Å². The van der Waals surface area contributed by atoms with Crippen molar-refractivity contribution in [3.05, 3.63) is 0 Å². The summed E-state index contributed by atoms with van der Waals surface area (Å²) in [7, 11) is 0. The van der Waals surface area contributed by atoms with Crippen molar-refractivity contribution in [2.45, 2.75) is 57.7 Å². The molecule has 2 aliphatic heterocycles. The van der Waals surface area contributed by atoms with Gasteiger partial charge in [0.05, 0.1) is 18.2 Å². The predicted molar refractivity (Wildman–Crippen MR) is 66.8 cm³/mol. The summed E-state index contributed by atoms with van der Waals surface area (Å²) in [6.07, 6.45) is 4.45. The van der Waals surface area contributed by atoms with Gasteiger partial charge in [0.15, 0.2) is 0 Å². The maximum Gasteiger partial charge on any atom is 0.237 e. The van der Waals surface area contributed by atoms with Crippen LogP contribution in [0.4, 0.5) is 0 Å². The highest BCUT2D eigenvalue weighted by Crippen LogP contribution is 2.20. The average molecular weight is 240 g/mol. The maximum absolute atomic E-state index is 12.1. The van der Waals surface area contributed by atoms with Gasteiger partial charge in [-0.1, -0.05) is 13.3 Å². The van der Waals surface area contributed by atoms with Gasteiger partial charge in [-0.15, -0.1) is 0 Å². The number of rotatable bonds is 3. The predicted octanol–water partition coefficient (Wildman–Crippen LogP) is 1.06. The van der Waals surface area contributed by atoms with Gasteiger partial charge in [0.25, 0.3) is 0 Å². The number of carbonyl (C=O) groups excluding carboxylic acids is 1. The topological polar surface area (TPSA) is 50.4 Å². The maximum atomic E-state index is 12.1. The quantitative estimate of drug-likeness (QED) is 0.775. The summed E-state index contributed by atoms with van der Waals surface area (Å²) >= 11 is 0. The number of ether oxygens (including phenoxy) is 1. The van der Waals surface area contributed by atoms with Crippen LogP contribution in [0.2, 0.25) is 0 Å². The van der Waals surface area contributed by atoms with Gasteiger partial charge in [0.1, 0.15) is 0 Å². The molecular weight excluding hydrogens is 216 g/mol. The van der Waals surface area contributed by atoms with Gasteiger partial charge in [0, 0.05) is 6.61 Å². The SMILES string of the molecule is CCC1CCNC(C(=O)NC2CCOC2C)C1. The highest BCUT2D eigenvalue weighted by Gasteiger charge is 2.30. The molecule has 0 aromatic carbocycles. The van der Waals surface area contributed by atoms with Crippen LogP contribution in [-0.4, -0.2) is 37.2 Å². The van der Waals surface area contributed by atoms with Crippen LogP contribution in [0.3, 0.4) is 0 Å².